The Morgan fingerprint density at radius 1 is 1.48 bits per heavy atom. The van der Waals surface area contributed by atoms with Crippen LogP contribution in [0.2, 0.25) is 0 Å². The van der Waals surface area contributed by atoms with E-state index in [0.717, 1.165) is 6.07 Å². The molecule has 1 amide bonds. The molecule has 0 fully saturated rings. The number of carbonyl (C=O) groups is 1. The van der Waals surface area contributed by atoms with E-state index in [2.05, 4.69) is 11.8 Å². The van der Waals surface area contributed by atoms with Crippen molar-refractivity contribution >= 4 is 5.91 Å². The summed E-state index contributed by atoms with van der Waals surface area (Å²) in [6, 6.07) is 4.13. The molecule has 0 bridgehead atoms. The van der Waals surface area contributed by atoms with Crippen LogP contribution in [0.3, 0.4) is 0 Å². The molecule has 2 N–H and O–H groups in total. The highest BCUT2D eigenvalue weighted by atomic mass is 19.1. The monoisotopic (exact) mass is 293 g/mol. The third kappa shape index (κ3) is 5.54. The first-order chi connectivity index (χ1) is 9.95. The fourth-order valence-electron chi connectivity index (χ4n) is 1.67. The van der Waals surface area contributed by atoms with Gasteiger partial charge >= 0.3 is 0 Å². The second-order valence-electron chi connectivity index (χ2n) is 4.83. The first-order valence-electron chi connectivity index (χ1n) is 6.78. The van der Waals surface area contributed by atoms with Crippen LogP contribution < -0.4 is 0 Å². The fourth-order valence-corrected chi connectivity index (χ4v) is 1.67. The number of aliphatic hydroxyl groups is 2. The van der Waals surface area contributed by atoms with Crippen LogP contribution >= 0.6 is 0 Å². The number of aliphatic hydroxyl groups excluding tert-OH is 2. The lowest BCUT2D eigenvalue weighted by molar-refractivity contribution is 0.0768. The minimum Gasteiger partial charge on any atom is -0.395 e. The van der Waals surface area contributed by atoms with Crippen LogP contribution in [-0.4, -0.2) is 47.3 Å². The second kappa shape index (κ2) is 8.40. The zero-order valence-electron chi connectivity index (χ0n) is 12.3. The number of hydrogen-bond donors (Lipinski definition) is 2. The summed E-state index contributed by atoms with van der Waals surface area (Å²) in [5.74, 6) is 4.38. The molecule has 1 aromatic carbocycles. The van der Waals surface area contributed by atoms with Gasteiger partial charge in [0.2, 0.25) is 0 Å². The second-order valence-corrected chi connectivity index (χ2v) is 4.83. The van der Waals surface area contributed by atoms with Gasteiger partial charge in [-0.1, -0.05) is 11.8 Å². The number of nitrogens with zero attached hydrogens (tertiary/aromatic N) is 1. The Labute approximate surface area is 124 Å². The molecule has 0 heterocycles. The van der Waals surface area contributed by atoms with Crippen LogP contribution in [0.15, 0.2) is 18.2 Å². The lowest BCUT2D eigenvalue weighted by atomic mass is 10.1. The molecule has 0 aliphatic rings. The van der Waals surface area contributed by atoms with Crippen molar-refractivity contribution in [2.45, 2.75) is 25.9 Å². The van der Waals surface area contributed by atoms with Gasteiger partial charge in [-0.15, -0.1) is 0 Å². The average Bonchev–Trinajstić information content (AvgIpc) is 2.45. The first kappa shape index (κ1) is 17.2. The third-order valence-corrected chi connectivity index (χ3v) is 2.90. The van der Waals surface area contributed by atoms with Gasteiger partial charge in [0.1, 0.15) is 5.82 Å². The molecule has 1 rings (SSSR count). The molecule has 1 unspecified atom stereocenters. The van der Waals surface area contributed by atoms with Gasteiger partial charge in [0.15, 0.2) is 0 Å². The van der Waals surface area contributed by atoms with Crippen LogP contribution in [0.4, 0.5) is 4.39 Å². The molecule has 0 saturated heterocycles. The number of carbonyl (C=O) groups excluding carboxylic acids is 1. The number of amides is 1. The van der Waals surface area contributed by atoms with E-state index in [1.165, 1.54) is 17.0 Å². The van der Waals surface area contributed by atoms with Gasteiger partial charge in [0.25, 0.3) is 5.91 Å². The molecule has 1 atom stereocenters. The highest BCUT2D eigenvalue weighted by Crippen LogP contribution is 2.12. The molecule has 0 aromatic heterocycles. The number of rotatable bonds is 5. The van der Waals surface area contributed by atoms with E-state index >= 15 is 0 Å². The van der Waals surface area contributed by atoms with Gasteiger partial charge in [-0.25, -0.2) is 4.39 Å². The van der Waals surface area contributed by atoms with Gasteiger partial charge in [-0.2, -0.15) is 0 Å². The maximum atomic E-state index is 13.8. The molecule has 0 aliphatic carbocycles. The predicted molar refractivity (Wildman–Crippen MR) is 78.2 cm³/mol. The molecule has 1 aromatic rings. The summed E-state index contributed by atoms with van der Waals surface area (Å²) < 4.78 is 13.8. The normalized spacial score (nSPS) is 11.5. The molecule has 114 valence electrons. The summed E-state index contributed by atoms with van der Waals surface area (Å²) >= 11 is 0. The zero-order valence-corrected chi connectivity index (χ0v) is 12.3. The van der Waals surface area contributed by atoms with Crippen molar-refractivity contribution in [3.63, 3.8) is 0 Å². The summed E-state index contributed by atoms with van der Waals surface area (Å²) in [7, 11) is 1.61. The Kier molecular flexibility index (Phi) is 6.86. The SMILES string of the molecule is CC(O)CCN(C)C(=O)c1ccc(C#CCCO)c(F)c1. The first-order valence-corrected chi connectivity index (χ1v) is 6.78. The van der Waals surface area contributed by atoms with Crippen molar-refractivity contribution in [3.8, 4) is 11.8 Å². The Morgan fingerprint density at radius 3 is 2.76 bits per heavy atom. The summed E-state index contributed by atoms with van der Waals surface area (Å²) in [5, 5.41) is 17.8. The quantitative estimate of drug-likeness (QED) is 0.807. The van der Waals surface area contributed by atoms with Gasteiger partial charge in [0.05, 0.1) is 18.3 Å². The van der Waals surface area contributed by atoms with E-state index in [9.17, 15) is 14.3 Å². The Bertz CT molecular complexity index is 546. The van der Waals surface area contributed by atoms with Crippen LogP contribution in [0.25, 0.3) is 0 Å². The molecule has 4 nitrogen and oxygen atoms in total. The Balaban J connectivity index is 2.79. The van der Waals surface area contributed by atoms with Crippen LogP contribution in [-0.2, 0) is 0 Å². The zero-order chi connectivity index (χ0) is 15.8. The predicted octanol–water partition coefficient (Wildman–Crippen LogP) is 1.40. The van der Waals surface area contributed by atoms with Crippen molar-refractivity contribution in [2.24, 2.45) is 0 Å². The fraction of sp³-hybridized carbons (Fsp3) is 0.438. The van der Waals surface area contributed by atoms with Crippen molar-refractivity contribution in [2.75, 3.05) is 20.2 Å². The standard InChI is InChI=1S/C16H20FNO3/c1-12(20)8-9-18(2)16(21)14-7-6-13(15(17)11-14)5-3-4-10-19/h6-7,11-12,19-20H,4,8-10H2,1-2H3. The average molecular weight is 293 g/mol. The summed E-state index contributed by atoms with van der Waals surface area (Å²) in [6.45, 7) is 1.98. The highest BCUT2D eigenvalue weighted by Gasteiger charge is 2.14. The lowest BCUT2D eigenvalue weighted by Gasteiger charge is -2.18. The number of halogens is 1. The van der Waals surface area contributed by atoms with Crippen LogP contribution in [0.1, 0.15) is 35.7 Å². The lowest BCUT2D eigenvalue weighted by Crippen LogP contribution is -2.29. The maximum Gasteiger partial charge on any atom is 0.253 e. The van der Waals surface area contributed by atoms with E-state index in [4.69, 9.17) is 5.11 Å². The minimum atomic E-state index is -0.560. The van der Waals surface area contributed by atoms with Crippen LogP contribution in [0, 0.1) is 17.7 Å². The van der Waals surface area contributed by atoms with Crippen molar-refractivity contribution in [1.82, 2.24) is 4.90 Å². The number of benzene rings is 1. The molecular weight excluding hydrogens is 273 g/mol. The summed E-state index contributed by atoms with van der Waals surface area (Å²) in [4.78, 5) is 13.5. The van der Waals surface area contributed by atoms with Crippen LogP contribution in [0.5, 0.6) is 0 Å². The minimum absolute atomic E-state index is 0.0702. The van der Waals surface area contributed by atoms with Gasteiger partial charge in [-0.3, -0.25) is 4.79 Å². The summed E-state index contributed by atoms with van der Waals surface area (Å²) in [5.41, 5.74) is 0.444. The molecule has 0 radical (unpaired) electrons. The van der Waals surface area contributed by atoms with Gasteiger partial charge < -0.3 is 15.1 Å². The summed E-state index contributed by atoms with van der Waals surface area (Å²) in [6.07, 6.45) is 0.263. The van der Waals surface area contributed by atoms with Crippen molar-refractivity contribution in [1.29, 1.82) is 0 Å². The van der Waals surface area contributed by atoms with E-state index in [0.29, 0.717) is 13.0 Å². The molecular formula is C16H20FNO3. The topological polar surface area (TPSA) is 60.8 Å². The third-order valence-electron chi connectivity index (χ3n) is 2.90. The molecule has 21 heavy (non-hydrogen) atoms. The molecule has 0 saturated carbocycles. The molecule has 0 spiro atoms. The molecule has 5 heteroatoms. The van der Waals surface area contributed by atoms with Gasteiger partial charge in [-0.05, 0) is 31.5 Å². The van der Waals surface area contributed by atoms with E-state index in [1.807, 2.05) is 0 Å². The smallest absolute Gasteiger partial charge is 0.253 e. The molecule has 0 aliphatic heterocycles. The Morgan fingerprint density at radius 2 is 2.19 bits per heavy atom. The van der Waals surface area contributed by atoms with Gasteiger partial charge in [0, 0.05) is 25.6 Å². The van der Waals surface area contributed by atoms with E-state index in [1.54, 1.807) is 14.0 Å². The highest BCUT2D eigenvalue weighted by molar-refractivity contribution is 5.94. The maximum absolute atomic E-state index is 13.8. The number of hydrogen-bond acceptors (Lipinski definition) is 3. The van der Waals surface area contributed by atoms with Crippen molar-refractivity contribution < 1.29 is 19.4 Å². The Hall–Kier alpha value is -1.90. The van der Waals surface area contributed by atoms with E-state index < -0.39 is 11.9 Å². The largest absolute Gasteiger partial charge is 0.395 e. The van der Waals surface area contributed by atoms with E-state index in [-0.39, 0.29) is 30.1 Å². The van der Waals surface area contributed by atoms with Crippen molar-refractivity contribution in [3.05, 3.63) is 35.1 Å².